The van der Waals surface area contributed by atoms with Crippen molar-refractivity contribution in [3.63, 3.8) is 0 Å². The van der Waals surface area contributed by atoms with Crippen LogP contribution >= 0.6 is 0 Å². The third-order valence-corrected chi connectivity index (χ3v) is 3.22. The highest BCUT2D eigenvalue weighted by molar-refractivity contribution is 5.52. The number of hydrogen-bond acceptors (Lipinski definition) is 2. The van der Waals surface area contributed by atoms with Crippen molar-refractivity contribution >= 4 is 5.69 Å². The zero-order chi connectivity index (χ0) is 13.8. The lowest BCUT2D eigenvalue weighted by atomic mass is 9.96. The summed E-state index contributed by atoms with van der Waals surface area (Å²) < 4.78 is 0. The summed E-state index contributed by atoms with van der Waals surface area (Å²) in [6, 6.07) is 13.6. The Labute approximate surface area is 114 Å². The smallest absolute Gasteiger partial charge is 0.119 e. The Bertz CT molecular complexity index is 561. The molecule has 0 aliphatic carbocycles. The summed E-state index contributed by atoms with van der Waals surface area (Å²) >= 11 is 0. The topological polar surface area (TPSA) is 46.2 Å². The number of hydrogen-bond donors (Lipinski definition) is 2. The van der Waals surface area contributed by atoms with Gasteiger partial charge in [-0.15, -0.1) is 0 Å². The van der Waals surface area contributed by atoms with Crippen molar-refractivity contribution in [2.24, 2.45) is 5.92 Å². The molecule has 2 heteroatoms. The number of rotatable bonds is 4. The Hall–Kier alpha value is -1.96. The molecule has 0 saturated heterocycles. The van der Waals surface area contributed by atoms with Crippen LogP contribution in [-0.4, -0.2) is 5.11 Å². The van der Waals surface area contributed by atoms with Gasteiger partial charge in [0.25, 0.3) is 0 Å². The third-order valence-electron chi connectivity index (χ3n) is 3.22. The second-order valence-electron chi connectivity index (χ2n) is 5.44. The van der Waals surface area contributed by atoms with Gasteiger partial charge in [0.2, 0.25) is 0 Å². The molecule has 2 rings (SSSR count). The van der Waals surface area contributed by atoms with Gasteiger partial charge in [0.05, 0.1) is 0 Å². The number of benzene rings is 2. The molecule has 2 aromatic rings. The van der Waals surface area contributed by atoms with E-state index < -0.39 is 0 Å². The van der Waals surface area contributed by atoms with Gasteiger partial charge in [-0.2, -0.15) is 0 Å². The van der Waals surface area contributed by atoms with Crippen molar-refractivity contribution < 1.29 is 5.11 Å². The van der Waals surface area contributed by atoms with Gasteiger partial charge in [-0.05, 0) is 41.2 Å². The van der Waals surface area contributed by atoms with Gasteiger partial charge in [0.1, 0.15) is 5.75 Å². The SMILES string of the molecule is CC(C)Cc1ccc(N)c(Cc2ccccc2O)c1. The average Bonchev–Trinajstić information content (AvgIpc) is 2.35. The van der Waals surface area contributed by atoms with Gasteiger partial charge in [-0.25, -0.2) is 0 Å². The minimum Gasteiger partial charge on any atom is -0.508 e. The first-order valence-corrected chi connectivity index (χ1v) is 6.70. The number of nitrogen functional groups attached to an aromatic ring is 1. The van der Waals surface area contributed by atoms with E-state index in [1.54, 1.807) is 6.07 Å². The standard InChI is InChI=1S/C17H21NO/c1-12(2)9-13-7-8-16(18)15(10-13)11-14-5-3-4-6-17(14)19/h3-8,10,12,19H,9,11,18H2,1-2H3. The Morgan fingerprint density at radius 1 is 1.05 bits per heavy atom. The lowest BCUT2D eigenvalue weighted by Gasteiger charge is -2.11. The van der Waals surface area contributed by atoms with Crippen molar-refractivity contribution in [1.82, 2.24) is 0 Å². The van der Waals surface area contributed by atoms with Crippen molar-refractivity contribution in [1.29, 1.82) is 0 Å². The van der Waals surface area contributed by atoms with Gasteiger partial charge < -0.3 is 10.8 Å². The fourth-order valence-electron chi connectivity index (χ4n) is 2.28. The summed E-state index contributed by atoms with van der Waals surface area (Å²) in [7, 11) is 0. The van der Waals surface area contributed by atoms with Crippen LogP contribution in [0.2, 0.25) is 0 Å². The molecule has 0 aliphatic heterocycles. The van der Waals surface area contributed by atoms with E-state index in [4.69, 9.17) is 5.73 Å². The third kappa shape index (κ3) is 3.50. The monoisotopic (exact) mass is 255 g/mol. The molecule has 0 aliphatic rings. The lowest BCUT2D eigenvalue weighted by Crippen LogP contribution is -2.00. The number of phenolic OH excluding ortho intramolecular Hbond substituents is 1. The Morgan fingerprint density at radius 3 is 2.47 bits per heavy atom. The van der Waals surface area contributed by atoms with Crippen molar-refractivity contribution in [3.8, 4) is 5.75 Å². The number of phenols is 1. The maximum atomic E-state index is 9.84. The number of aromatic hydroxyl groups is 1. The molecule has 0 bridgehead atoms. The first kappa shape index (κ1) is 13.5. The van der Waals surface area contributed by atoms with Crippen LogP contribution in [0.3, 0.4) is 0 Å². The van der Waals surface area contributed by atoms with Crippen molar-refractivity contribution in [2.75, 3.05) is 5.73 Å². The maximum absolute atomic E-state index is 9.84. The van der Waals surface area contributed by atoms with E-state index >= 15 is 0 Å². The van der Waals surface area contributed by atoms with Gasteiger partial charge in [-0.3, -0.25) is 0 Å². The summed E-state index contributed by atoms with van der Waals surface area (Å²) in [6.07, 6.45) is 1.72. The van der Waals surface area contributed by atoms with Crippen molar-refractivity contribution in [2.45, 2.75) is 26.7 Å². The largest absolute Gasteiger partial charge is 0.508 e. The quantitative estimate of drug-likeness (QED) is 0.817. The molecule has 0 unspecified atom stereocenters. The zero-order valence-corrected chi connectivity index (χ0v) is 11.6. The summed E-state index contributed by atoms with van der Waals surface area (Å²) in [6.45, 7) is 4.41. The summed E-state index contributed by atoms with van der Waals surface area (Å²) in [4.78, 5) is 0. The predicted molar refractivity (Wildman–Crippen MR) is 80.3 cm³/mol. The molecule has 100 valence electrons. The van der Waals surface area contributed by atoms with E-state index in [0.717, 1.165) is 23.2 Å². The lowest BCUT2D eigenvalue weighted by molar-refractivity contribution is 0.469. The van der Waals surface area contributed by atoms with E-state index in [0.29, 0.717) is 18.1 Å². The van der Waals surface area contributed by atoms with Crippen LogP contribution in [0, 0.1) is 5.92 Å². The molecule has 0 fully saturated rings. The van der Waals surface area contributed by atoms with E-state index in [2.05, 4.69) is 26.0 Å². The minimum atomic E-state index is 0.330. The fourth-order valence-corrected chi connectivity index (χ4v) is 2.28. The molecular weight excluding hydrogens is 234 g/mol. The summed E-state index contributed by atoms with van der Waals surface area (Å²) in [5.41, 5.74) is 10.1. The predicted octanol–water partition coefficient (Wildman–Crippen LogP) is 3.76. The van der Waals surface area contributed by atoms with Crippen LogP contribution in [0.1, 0.15) is 30.5 Å². The molecule has 0 aromatic heterocycles. The second-order valence-corrected chi connectivity index (χ2v) is 5.44. The molecular formula is C17H21NO. The molecule has 3 N–H and O–H groups in total. The van der Waals surface area contributed by atoms with E-state index in [1.165, 1.54) is 5.56 Å². The van der Waals surface area contributed by atoms with Gasteiger partial charge >= 0.3 is 0 Å². The van der Waals surface area contributed by atoms with Gasteiger partial charge in [-0.1, -0.05) is 44.2 Å². The highest BCUT2D eigenvalue weighted by Crippen LogP contribution is 2.24. The Balaban J connectivity index is 2.26. The molecule has 0 heterocycles. The molecule has 0 amide bonds. The number of anilines is 1. The maximum Gasteiger partial charge on any atom is 0.119 e. The van der Waals surface area contributed by atoms with Crippen LogP contribution in [0.25, 0.3) is 0 Å². The van der Waals surface area contributed by atoms with E-state index in [-0.39, 0.29) is 0 Å². The van der Waals surface area contributed by atoms with Crippen LogP contribution < -0.4 is 5.73 Å². The molecule has 2 aromatic carbocycles. The Kier molecular flexibility index (Phi) is 4.10. The second kappa shape index (κ2) is 5.79. The number of para-hydroxylation sites is 1. The Morgan fingerprint density at radius 2 is 1.79 bits per heavy atom. The molecule has 0 spiro atoms. The minimum absolute atomic E-state index is 0.330. The highest BCUT2D eigenvalue weighted by atomic mass is 16.3. The summed E-state index contributed by atoms with van der Waals surface area (Å²) in [5, 5.41) is 9.84. The van der Waals surface area contributed by atoms with Crippen LogP contribution in [0.4, 0.5) is 5.69 Å². The van der Waals surface area contributed by atoms with Crippen LogP contribution in [-0.2, 0) is 12.8 Å². The molecule has 19 heavy (non-hydrogen) atoms. The highest BCUT2D eigenvalue weighted by Gasteiger charge is 2.07. The fraction of sp³-hybridized carbons (Fsp3) is 0.294. The normalized spacial score (nSPS) is 10.9. The molecule has 0 radical (unpaired) electrons. The van der Waals surface area contributed by atoms with E-state index in [1.807, 2.05) is 24.3 Å². The average molecular weight is 255 g/mol. The number of nitrogens with two attached hydrogens (primary N) is 1. The summed E-state index contributed by atoms with van der Waals surface area (Å²) in [5.74, 6) is 0.956. The first-order chi connectivity index (χ1) is 9.06. The molecule has 0 saturated carbocycles. The van der Waals surface area contributed by atoms with E-state index in [9.17, 15) is 5.11 Å². The molecule has 2 nitrogen and oxygen atoms in total. The van der Waals surface area contributed by atoms with Crippen LogP contribution in [0.5, 0.6) is 5.75 Å². The zero-order valence-electron chi connectivity index (χ0n) is 11.6. The van der Waals surface area contributed by atoms with Gasteiger partial charge in [0, 0.05) is 12.1 Å². The van der Waals surface area contributed by atoms with Gasteiger partial charge in [0.15, 0.2) is 0 Å². The van der Waals surface area contributed by atoms with Crippen molar-refractivity contribution in [3.05, 3.63) is 59.2 Å². The first-order valence-electron chi connectivity index (χ1n) is 6.70. The van der Waals surface area contributed by atoms with Crippen LogP contribution in [0.15, 0.2) is 42.5 Å². The molecule has 0 atom stereocenters.